The second-order valence-corrected chi connectivity index (χ2v) is 4.78. The lowest BCUT2D eigenvalue weighted by atomic mass is 9.70. The maximum atomic E-state index is 11.5. The average Bonchev–Trinajstić information content (AvgIpc) is 2.44. The molecule has 2 bridgehead atoms. The molecule has 1 saturated heterocycles. The molecular formula is C12H16O2. The first-order chi connectivity index (χ1) is 6.86. The van der Waals surface area contributed by atoms with Crippen LogP contribution in [0.25, 0.3) is 0 Å². The van der Waals surface area contributed by atoms with Crippen molar-refractivity contribution in [1.29, 1.82) is 0 Å². The van der Waals surface area contributed by atoms with E-state index in [9.17, 15) is 4.79 Å². The summed E-state index contributed by atoms with van der Waals surface area (Å²) in [5.74, 6) is 1.34. The third-order valence-electron chi connectivity index (χ3n) is 4.04. The molecule has 2 nitrogen and oxygen atoms in total. The van der Waals surface area contributed by atoms with E-state index in [1.54, 1.807) is 0 Å². The monoisotopic (exact) mass is 192 g/mol. The van der Waals surface area contributed by atoms with Crippen LogP contribution >= 0.6 is 0 Å². The van der Waals surface area contributed by atoms with Crippen LogP contribution in [-0.4, -0.2) is 12.1 Å². The lowest BCUT2D eigenvalue weighted by Gasteiger charge is -2.42. The van der Waals surface area contributed by atoms with Crippen molar-refractivity contribution in [3.63, 3.8) is 0 Å². The Morgan fingerprint density at radius 1 is 1.07 bits per heavy atom. The second kappa shape index (κ2) is 3.11. The number of esters is 1. The Hall–Kier alpha value is -0.790. The maximum absolute atomic E-state index is 11.5. The quantitative estimate of drug-likeness (QED) is 0.435. The van der Waals surface area contributed by atoms with Gasteiger partial charge >= 0.3 is 5.97 Å². The third kappa shape index (κ3) is 1.13. The number of hydrogen-bond donors (Lipinski definition) is 0. The van der Waals surface area contributed by atoms with Gasteiger partial charge in [-0.1, -0.05) is 25.3 Å². The molecule has 4 rings (SSSR count). The van der Waals surface area contributed by atoms with Crippen LogP contribution in [0.4, 0.5) is 0 Å². The molecule has 0 spiro atoms. The van der Waals surface area contributed by atoms with Crippen LogP contribution in [0.5, 0.6) is 0 Å². The average molecular weight is 192 g/mol. The minimum Gasteiger partial charge on any atom is -0.457 e. The van der Waals surface area contributed by atoms with Crippen LogP contribution in [0.15, 0.2) is 12.2 Å². The van der Waals surface area contributed by atoms with Crippen molar-refractivity contribution < 1.29 is 9.53 Å². The fourth-order valence-corrected chi connectivity index (χ4v) is 3.33. The molecule has 2 heteroatoms. The van der Waals surface area contributed by atoms with Crippen molar-refractivity contribution in [3.8, 4) is 0 Å². The van der Waals surface area contributed by atoms with Crippen LogP contribution in [0.1, 0.15) is 32.1 Å². The van der Waals surface area contributed by atoms with Crippen LogP contribution in [0.2, 0.25) is 0 Å². The van der Waals surface area contributed by atoms with E-state index in [0.717, 1.165) is 0 Å². The Kier molecular flexibility index (Phi) is 1.89. The molecule has 2 aliphatic heterocycles. The summed E-state index contributed by atoms with van der Waals surface area (Å²) in [7, 11) is 0. The van der Waals surface area contributed by atoms with Crippen LogP contribution in [0.3, 0.4) is 0 Å². The summed E-state index contributed by atoms with van der Waals surface area (Å²) in [6, 6.07) is 0. The number of ether oxygens (including phenoxy) is 1. The summed E-state index contributed by atoms with van der Waals surface area (Å²) in [5, 5.41) is 0. The molecule has 2 aliphatic carbocycles. The minimum absolute atomic E-state index is 0.0284. The SMILES string of the molecule is O=C1OC2C=CC1C1CCCCCC21. The predicted octanol–water partition coefficient (Wildman–Crippen LogP) is 2.29. The highest BCUT2D eigenvalue weighted by Gasteiger charge is 2.46. The largest absolute Gasteiger partial charge is 0.457 e. The molecule has 76 valence electrons. The fourth-order valence-electron chi connectivity index (χ4n) is 3.33. The van der Waals surface area contributed by atoms with Gasteiger partial charge in [0, 0.05) is 5.92 Å². The maximum Gasteiger partial charge on any atom is 0.313 e. The first kappa shape index (κ1) is 8.51. The topological polar surface area (TPSA) is 26.3 Å². The van der Waals surface area contributed by atoms with Crippen LogP contribution < -0.4 is 0 Å². The van der Waals surface area contributed by atoms with Crippen molar-refractivity contribution in [2.24, 2.45) is 17.8 Å². The predicted molar refractivity (Wildman–Crippen MR) is 52.6 cm³/mol. The van der Waals surface area contributed by atoms with E-state index < -0.39 is 0 Å². The van der Waals surface area contributed by atoms with E-state index in [4.69, 9.17) is 4.74 Å². The van der Waals surface area contributed by atoms with Crippen LogP contribution in [0, 0.1) is 17.8 Å². The van der Waals surface area contributed by atoms with E-state index in [1.165, 1.54) is 32.1 Å². The third-order valence-corrected chi connectivity index (χ3v) is 4.04. The summed E-state index contributed by atoms with van der Waals surface area (Å²) in [4.78, 5) is 11.5. The number of fused-ring (bicyclic) bond motifs is 1. The van der Waals surface area contributed by atoms with Gasteiger partial charge in [-0.05, 0) is 24.8 Å². The molecule has 0 aromatic carbocycles. The van der Waals surface area contributed by atoms with Crippen LogP contribution in [-0.2, 0) is 9.53 Å². The minimum atomic E-state index is 0.0284. The normalized spacial score (nSPS) is 45.6. The lowest BCUT2D eigenvalue weighted by Crippen LogP contribution is -2.46. The molecule has 2 fully saturated rings. The van der Waals surface area contributed by atoms with Gasteiger partial charge in [0.25, 0.3) is 0 Å². The molecule has 1 saturated carbocycles. The van der Waals surface area contributed by atoms with E-state index in [-0.39, 0.29) is 18.0 Å². The Balaban J connectivity index is 1.92. The Bertz CT molecular complexity index is 282. The highest BCUT2D eigenvalue weighted by Crippen LogP contribution is 2.45. The highest BCUT2D eigenvalue weighted by atomic mass is 16.5. The molecule has 2 heterocycles. The van der Waals surface area contributed by atoms with Gasteiger partial charge in [-0.2, -0.15) is 0 Å². The Labute approximate surface area is 84.3 Å². The van der Waals surface area contributed by atoms with Gasteiger partial charge in [-0.25, -0.2) is 0 Å². The molecule has 4 unspecified atom stereocenters. The number of rotatable bonds is 0. The van der Waals surface area contributed by atoms with E-state index in [2.05, 4.69) is 12.2 Å². The summed E-state index contributed by atoms with van der Waals surface area (Å²) in [6.07, 6.45) is 10.7. The van der Waals surface area contributed by atoms with Gasteiger partial charge in [0.05, 0.1) is 5.92 Å². The zero-order valence-electron chi connectivity index (χ0n) is 8.32. The van der Waals surface area contributed by atoms with Gasteiger partial charge < -0.3 is 4.74 Å². The fraction of sp³-hybridized carbons (Fsp3) is 0.750. The summed E-state index contributed by atoms with van der Waals surface area (Å²) >= 11 is 0. The number of carbonyl (C=O) groups excluding carboxylic acids is 1. The van der Waals surface area contributed by atoms with Crippen molar-refractivity contribution >= 4 is 5.97 Å². The lowest BCUT2D eigenvalue weighted by molar-refractivity contribution is -0.168. The van der Waals surface area contributed by atoms with E-state index in [1.807, 2.05) is 0 Å². The zero-order chi connectivity index (χ0) is 9.54. The highest BCUT2D eigenvalue weighted by molar-refractivity contribution is 5.77. The van der Waals surface area contributed by atoms with Gasteiger partial charge in [0.1, 0.15) is 6.10 Å². The van der Waals surface area contributed by atoms with Crippen molar-refractivity contribution in [2.75, 3.05) is 0 Å². The molecule has 0 amide bonds. The second-order valence-electron chi connectivity index (χ2n) is 4.78. The molecule has 0 aromatic heterocycles. The molecule has 14 heavy (non-hydrogen) atoms. The molecule has 0 aromatic rings. The van der Waals surface area contributed by atoms with Gasteiger partial charge in [0.2, 0.25) is 0 Å². The van der Waals surface area contributed by atoms with Crippen molar-refractivity contribution in [1.82, 2.24) is 0 Å². The van der Waals surface area contributed by atoms with Gasteiger partial charge in [-0.15, -0.1) is 0 Å². The molecule has 4 atom stereocenters. The molecular weight excluding hydrogens is 176 g/mol. The van der Waals surface area contributed by atoms with E-state index in [0.29, 0.717) is 11.8 Å². The first-order valence-electron chi connectivity index (χ1n) is 5.75. The number of hydrogen-bond acceptors (Lipinski definition) is 2. The summed E-state index contributed by atoms with van der Waals surface area (Å²) < 4.78 is 5.38. The Morgan fingerprint density at radius 3 is 2.64 bits per heavy atom. The Morgan fingerprint density at radius 2 is 1.86 bits per heavy atom. The molecule has 4 aliphatic rings. The zero-order valence-corrected chi connectivity index (χ0v) is 8.32. The van der Waals surface area contributed by atoms with E-state index >= 15 is 0 Å². The summed E-state index contributed by atoms with van der Waals surface area (Å²) in [6.45, 7) is 0. The standard InChI is InChI=1S/C12H16O2/c13-12-10-6-7-11(14-12)9-5-3-1-2-4-8(9)10/h6-11H,1-5H2. The van der Waals surface area contributed by atoms with Gasteiger partial charge in [-0.3, -0.25) is 4.79 Å². The molecule has 0 radical (unpaired) electrons. The van der Waals surface area contributed by atoms with Crippen molar-refractivity contribution in [3.05, 3.63) is 12.2 Å². The van der Waals surface area contributed by atoms with Gasteiger partial charge in [0.15, 0.2) is 0 Å². The molecule has 0 N–H and O–H groups in total. The number of carbonyl (C=O) groups is 1. The summed E-state index contributed by atoms with van der Waals surface area (Å²) in [5.41, 5.74) is 0. The van der Waals surface area contributed by atoms with Crippen molar-refractivity contribution in [2.45, 2.75) is 38.2 Å². The smallest absolute Gasteiger partial charge is 0.313 e. The first-order valence-corrected chi connectivity index (χ1v) is 5.75.